The Hall–Kier alpha value is -2.62. The number of methoxy groups -OCH3 is 1. The van der Waals surface area contributed by atoms with E-state index in [0.717, 1.165) is 11.1 Å². The van der Waals surface area contributed by atoms with Crippen molar-refractivity contribution < 1.29 is 13.9 Å². The standard InChI is InChI=1S/C17H16FNO2/c1-12-7-9-14(18)11-15(12)19-17(20)10-8-13-5-3-4-6-16(13)21-2/h3-11H,1-2H3,(H,19,20). The smallest absolute Gasteiger partial charge is 0.248 e. The van der Waals surface area contributed by atoms with E-state index in [1.807, 2.05) is 24.3 Å². The summed E-state index contributed by atoms with van der Waals surface area (Å²) in [7, 11) is 1.57. The van der Waals surface area contributed by atoms with Crippen molar-refractivity contribution in [1.29, 1.82) is 0 Å². The number of rotatable bonds is 4. The molecule has 0 aliphatic carbocycles. The Balaban J connectivity index is 2.11. The van der Waals surface area contributed by atoms with Crippen LogP contribution in [0.2, 0.25) is 0 Å². The lowest BCUT2D eigenvalue weighted by Gasteiger charge is -2.06. The molecule has 1 N–H and O–H groups in total. The Morgan fingerprint density at radius 3 is 2.76 bits per heavy atom. The lowest BCUT2D eigenvalue weighted by atomic mass is 10.1. The average molecular weight is 285 g/mol. The monoisotopic (exact) mass is 285 g/mol. The zero-order chi connectivity index (χ0) is 15.2. The lowest BCUT2D eigenvalue weighted by molar-refractivity contribution is -0.111. The van der Waals surface area contributed by atoms with Gasteiger partial charge >= 0.3 is 0 Å². The number of carbonyl (C=O) groups is 1. The highest BCUT2D eigenvalue weighted by molar-refractivity contribution is 6.02. The maximum atomic E-state index is 13.2. The number of aryl methyl sites for hydroxylation is 1. The summed E-state index contributed by atoms with van der Waals surface area (Å²) in [5.74, 6) is -0.0253. The van der Waals surface area contributed by atoms with E-state index < -0.39 is 0 Å². The molecule has 2 aromatic rings. The van der Waals surface area contributed by atoms with Gasteiger partial charge in [0.25, 0.3) is 0 Å². The average Bonchev–Trinajstić information content (AvgIpc) is 2.49. The van der Waals surface area contributed by atoms with Crippen LogP contribution in [-0.2, 0) is 4.79 Å². The van der Waals surface area contributed by atoms with Gasteiger partial charge in [0.1, 0.15) is 11.6 Å². The first-order valence-corrected chi connectivity index (χ1v) is 6.48. The van der Waals surface area contributed by atoms with E-state index in [1.165, 1.54) is 18.2 Å². The van der Waals surface area contributed by atoms with Gasteiger partial charge in [-0.1, -0.05) is 24.3 Å². The number of ether oxygens (including phenoxy) is 1. The van der Waals surface area contributed by atoms with Crippen molar-refractivity contribution in [3.8, 4) is 5.75 Å². The fourth-order valence-corrected chi connectivity index (χ4v) is 1.87. The SMILES string of the molecule is COc1ccccc1C=CC(=O)Nc1cc(F)ccc1C. The Morgan fingerprint density at radius 2 is 2.00 bits per heavy atom. The van der Waals surface area contributed by atoms with Crippen LogP contribution in [0.15, 0.2) is 48.5 Å². The molecule has 1 amide bonds. The van der Waals surface area contributed by atoms with Crippen molar-refractivity contribution in [2.45, 2.75) is 6.92 Å². The molecule has 3 nitrogen and oxygen atoms in total. The maximum absolute atomic E-state index is 13.2. The van der Waals surface area contributed by atoms with Crippen LogP contribution in [0.3, 0.4) is 0 Å². The molecule has 2 aromatic carbocycles. The number of hydrogen-bond acceptors (Lipinski definition) is 2. The van der Waals surface area contributed by atoms with Crippen molar-refractivity contribution >= 4 is 17.7 Å². The molecule has 0 aliphatic rings. The first-order chi connectivity index (χ1) is 10.1. The quantitative estimate of drug-likeness (QED) is 0.868. The Kier molecular flexibility index (Phi) is 4.72. The number of benzene rings is 2. The summed E-state index contributed by atoms with van der Waals surface area (Å²) in [6.07, 6.45) is 3.05. The summed E-state index contributed by atoms with van der Waals surface area (Å²) in [6, 6.07) is 11.6. The summed E-state index contributed by atoms with van der Waals surface area (Å²) in [4.78, 5) is 11.9. The van der Waals surface area contributed by atoms with Crippen LogP contribution in [0, 0.1) is 12.7 Å². The van der Waals surface area contributed by atoms with Crippen LogP contribution < -0.4 is 10.1 Å². The van der Waals surface area contributed by atoms with Crippen LogP contribution in [-0.4, -0.2) is 13.0 Å². The van der Waals surface area contributed by atoms with E-state index in [1.54, 1.807) is 26.2 Å². The second-order valence-corrected chi connectivity index (χ2v) is 4.52. The summed E-state index contributed by atoms with van der Waals surface area (Å²) in [6.45, 7) is 1.80. The zero-order valence-electron chi connectivity index (χ0n) is 11.9. The van der Waals surface area contributed by atoms with Crippen molar-refractivity contribution in [1.82, 2.24) is 0 Å². The van der Waals surface area contributed by atoms with Crippen LogP contribution >= 0.6 is 0 Å². The Labute approximate surface area is 123 Å². The number of hydrogen-bond donors (Lipinski definition) is 1. The number of amides is 1. The second kappa shape index (κ2) is 6.70. The van der Waals surface area contributed by atoms with Crippen molar-refractivity contribution in [2.75, 3.05) is 12.4 Å². The molecule has 0 aromatic heterocycles. The van der Waals surface area contributed by atoms with Crippen LogP contribution in [0.1, 0.15) is 11.1 Å². The van der Waals surface area contributed by atoms with Gasteiger partial charge in [-0.3, -0.25) is 4.79 Å². The molecule has 108 valence electrons. The topological polar surface area (TPSA) is 38.3 Å². The highest BCUT2D eigenvalue weighted by atomic mass is 19.1. The summed E-state index contributed by atoms with van der Waals surface area (Å²) in [5.41, 5.74) is 2.06. The molecule has 0 fully saturated rings. The Morgan fingerprint density at radius 1 is 1.24 bits per heavy atom. The van der Waals surface area contributed by atoms with Gasteiger partial charge in [0.2, 0.25) is 5.91 Å². The predicted molar refractivity (Wildman–Crippen MR) is 81.8 cm³/mol. The zero-order valence-corrected chi connectivity index (χ0v) is 11.9. The highest BCUT2D eigenvalue weighted by Gasteiger charge is 2.04. The number of carbonyl (C=O) groups excluding carboxylic acids is 1. The highest BCUT2D eigenvalue weighted by Crippen LogP contribution is 2.19. The predicted octanol–water partition coefficient (Wildman–Crippen LogP) is 3.79. The van der Waals surface area contributed by atoms with Crippen LogP contribution in [0.25, 0.3) is 6.08 Å². The minimum Gasteiger partial charge on any atom is -0.496 e. The molecule has 0 aliphatic heterocycles. The van der Waals surface area contributed by atoms with Gasteiger partial charge in [0, 0.05) is 17.3 Å². The number of halogens is 1. The van der Waals surface area contributed by atoms with Gasteiger partial charge in [-0.2, -0.15) is 0 Å². The molecule has 0 radical (unpaired) electrons. The number of para-hydroxylation sites is 1. The lowest BCUT2D eigenvalue weighted by Crippen LogP contribution is -2.09. The minimum absolute atomic E-state index is 0.324. The summed E-state index contributed by atoms with van der Waals surface area (Å²) >= 11 is 0. The van der Waals surface area contributed by atoms with Gasteiger partial charge in [0.05, 0.1) is 7.11 Å². The summed E-state index contributed by atoms with van der Waals surface area (Å²) < 4.78 is 18.4. The molecule has 4 heteroatoms. The van der Waals surface area contributed by atoms with E-state index in [4.69, 9.17) is 4.74 Å². The molecule has 0 bridgehead atoms. The van der Waals surface area contributed by atoms with E-state index >= 15 is 0 Å². The molecular formula is C17H16FNO2. The molecule has 0 heterocycles. The second-order valence-electron chi connectivity index (χ2n) is 4.52. The third-order valence-corrected chi connectivity index (χ3v) is 3.01. The van der Waals surface area contributed by atoms with Crippen LogP contribution in [0.4, 0.5) is 10.1 Å². The van der Waals surface area contributed by atoms with Crippen molar-refractivity contribution in [2.24, 2.45) is 0 Å². The fourth-order valence-electron chi connectivity index (χ4n) is 1.87. The molecule has 0 unspecified atom stereocenters. The summed E-state index contributed by atoms with van der Waals surface area (Å²) in [5, 5.41) is 2.65. The largest absolute Gasteiger partial charge is 0.496 e. The molecule has 2 rings (SSSR count). The van der Waals surface area contributed by atoms with E-state index in [2.05, 4.69) is 5.32 Å². The first-order valence-electron chi connectivity index (χ1n) is 6.48. The first kappa shape index (κ1) is 14.8. The third-order valence-electron chi connectivity index (χ3n) is 3.01. The minimum atomic E-state index is -0.385. The molecule has 0 saturated carbocycles. The van der Waals surface area contributed by atoms with Crippen LogP contribution in [0.5, 0.6) is 5.75 Å². The molecular weight excluding hydrogens is 269 g/mol. The van der Waals surface area contributed by atoms with Gasteiger partial charge in [-0.25, -0.2) is 4.39 Å². The van der Waals surface area contributed by atoms with Gasteiger partial charge in [-0.05, 0) is 36.8 Å². The van der Waals surface area contributed by atoms with Crippen molar-refractivity contribution in [3.05, 3.63) is 65.5 Å². The molecule has 0 atom stereocenters. The number of anilines is 1. The van der Waals surface area contributed by atoms with Crippen molar-refractivity contribution in [3.63, 3.8) is 0 Å². The van der Waals surface area contributed by atoms with E-state index in [-0.39, 0.29) is 11.7 Å². The van der Waals surface area contributed by atoms with Gasteiger partial charge in [0.15, 0.2) is 0 Å². The maximum Gasteiger partial charge on any atom is 0.248 e. The fraction of sp³-hybridized carbons (Fsp3) is 0.118. The van der Waals surface area contributed by atoms with E-state index in [9.17, 15) is 9.18 Å². The third kappa shape index (κ3) is 3.92. The Bertz CT molecular complexity index is 680. The van der Waals surface area contributed by atoms with Gasteiger partial charge < -0.3 is 10.1 Å². The van der Waals surface area contributed by atoms with E-state index in [0.29, 0.717) is 11.4 Å². The molecule has 0 spiro atoms. The number of nitrogens with one attached hydrogen (secondary N) is 1. The molecule has 21 heavy (non-hydrogen) atoms. The normalized spacial score (nSPS) is 10.6. The van der Waals surface area contributed by atoms with Gasteiger partial charge in [-0.15, -0.1) is 0 Å². The molecule has 0 saturated heterocycles.